The van der Waals surface area contributed by atoms with Crippen LogP contribution < -0.4 is 10.6 Å². The van der Waals surface area contributed by atoms with Gasteiger partial charge in [-0.1, -0.05) is 19.4 Å². The summed E-state index contributed by atoms with van der Waals surface area (Å²) < 4.78 is 22.8. The zero-order valence-electron chi connectivity index (χ0n) is 17.7. The molecule has 0 bridgehead atoms. The number of esters is 2. The molecule has 2 amide bonds. The number of halogens is 1. The van der Waals surface area contributed by atoms with Crippen LogP contribution in [0.2, 0.25) is 0 Å². The Kier molecular flexibility index (Phi) is 9.83. The Bertz CT molecular complexity index is 946. The van der Waals surface area contributed by atoms with Crippen molar-refractivity contribution in [2.24, 2.45) is 0 Å². The van der Waals surface area contributed by atoms with Gasteiger partial charge in [-0.25, -0.2) is 9.18 Å². The number of unbranched alkanes of at least 4 members (excludes halogenated alkanes) is 1. The summed E-state index contributed by atoms with van der Waals surface area (Å²) in [7, 11) is 0. The molecule has 2 N–H and O–H groups in total. The summed E-state index contributed by atoms with van der Waals surface area (Å²) in [6.07, 6.45) is 1.29. The molecule has 0 atom stereocenters. The second kappa shape index (κ2) is 12.8. The number of hydrogen-bond acceptors (Lipinski definition) is 6. The highest BCUT2D eigenvalue weighted by Gasteiger charge is 2.12. The molecule has 0 saturated heterocycles. The smallest absolute Gasteiger partial charge is 0.338 e. The lowest BCUT2D eigenvalue weighted by atomic mass is 10.2. The normalized spacial score (nSPS) is 10.2. The molecule has 0 fully saturated rings. The standard InChI is InChI=1S/C23H25FN2O6/c1-2-3-13-31-23(30)16-5-4-6-19(14-16)26-20(27)11-12-22(29)32-15-21(28)25-18-9-7-17(24)8-10-18/h4-10,14H,2-3,11-13,15H2,1H3,(H,25,28)(H,26,27). The van der Waals surface area contributed by atoms with E-state index in [0.717, 1.165) is 12.8 Å². The van der Waals surface area contributed by atoms with Crippen LogP contribution in [0.3, 0.4) is 0 Å². The average Bonchev–Trinajstić information content (AvgIpc) is 2.78. The molecule has 0 aliphatic rings. The zero-order chi connectivity index (χ0) is 23.3. The van der Waals surface area contributed by atoms with Crippen LogP contribution >= 0.6 is 0 Å². The van der Waals surface area contributed by atoms with Gasteiger partial charge >= 0.3 is 11.9 Å². The molecule has 0 aliphatic carbocycles. The van der Waals surface area contributed by atoms with Gasteiger partial charge in [0.15, 0.2) is 6.61 Å². The highest BCUT2D eigenvalue weighted by atomic mass is 19.1. The fraction of sp³-hybridized carbons (Fsp3) is 0.304. The largest absolute Gasteiger partial charge is 0.462 e. The number of amides is 2. The SMILES string of the molecule is CCCCOC(=O)c1cccc(NC(=O)CCC(=O)OCC(=O)Nc2ccc(F)cc2)c1. The molecule has 2 aromatic rings. The Morgan fingerprint density at radius 1 is 0.875 bits per heavy atom. The van der Waals surface area contributed by atoms with Gasteiger partial charge in [-0.05, 0) is 48.9 Å². The van der Waals surface area contributed by atoms with E-state index in [9.17, 15) is 23.6 Å². The van der Waals surface area contributed by atoms with Crippen LogP contribution in [0.25, 0.3) is 0 Å². The molecule has 0 unspecified atom stereocenters. The van der Waals surface area contributed by atoms with E-state index >= 15 is 0 Å². The van der Waals surface area contributed by atoms with Crippen LogP contribution in [0.15, 0.2) is 48.5 Å². The second-order valence-electron chi connectivity index (χ2n) is 6.83. The predicted octanol–water partition coefficient (Wildman–Crippen LogP) is 3.68. The highest BCUT2D eigenvalue weighted by molar-refractivity contribution is 5.96. The van der Waals surface area contributed by atoms with E-state index in [2.05, 4.69) is 10.6 Å². The molecule has 2 rings (SSSR count). The van der Waals surface area contributed by atoms with Crippen LogP contribution in [-0.2, 0) is 23.9 Å². The number of nitrogens with one attached hydrogen (secondary N) is 2. The van der Waals surface area contributed by atoms with Gasteiger partial charge in [0.25, 0.3) is 5.91 Å². The van der Waals surface area contributed by atoms with Crippen molar-refractivity contribution in [1.29, 1.82) is 0 Å². The summed E-state index contributed by atoms with van der Waals surface area (Å²) >= 11 is 0. The Hall–Kier alpha value is -3.75. The summed E-state index contributed by atoms with van der Waals surface area (Å²) in [6.45, 7) is 1.79. The van der Waals surface area contributed by atoms with E-state index in [1.807, 2.05) is 6.92 Å². The third kappa shape index (κ3) is 8.95. The molecule has 0 aromatic heterocycles. The first-order chi connectivity index (χ1) is 15.4. The Morgan fingerprint density at radius 3 is 2.31 bits per heavy atom. The number of ether oxygens (including phenoxy) is 2. The highest BCUT2D eigenvalue weighted by Crippen LogP contribution is 2.13. The molecule has 0 aliphatic heterocycles. The van der Waals surface area contributed by atoms with Crippen molar-refractivity contribution >= 4 is 35.1 Å². The van der Waals surface area contributed by atoms with Gasteiger partial charge in [0.05, 0.1) is 18.6 Å². The van der Waals surface area contributed by atoms with Crippen molar-refractivity contribution in [3.05, 3.63) is 59.9 Å². The van der Waals surface area contributed by atoms with Crippen molar-refractivity contribution in [3.63, 3.8) is 0 Å². The minimum atomic E-state index is -0.720. The average molecular weight is 444 g/mol. The number of rotatable bonds is 11. The molecule has 9 heteroatoms. The topological polar surface area (TPSA) is 111 Å². The quantitative estimate of drug-likeness (QED) is 0.404. The molecule has 0 heterocycles. The Labute approximate surface area is 185 Å². The fourth-order valence-corrected chi connectivity index (χ4v) is 2.50. The van der Waals surface area contributed by atoms with Gasteiger partial charge in [0, 0.05) is 17.8 Å². The van der Waals surface area contributed by atoms with Gasteiger partial charge in [-0.2, -0.15) is 0 Å². The van der Waals surface area contributed by atoms with Crippen molar-refractivity contribution in [2.45, 2.75) is 32.6 Å². The number of anilines is 2. The summed E-state index contributed by atoms with van der Waals surface area (Å²) in [5, 5.41) is 5.05. The molecule has 32 heavy (non-hydrogen) atoms. The maximum atomic E-state index is 12.8. The molecule has 2 aromatic carbocycles. The van der Waals surface area contributed by atoms with Crippen LogP contribution in [-0.4, -0.2) is 37.0 Å². The van der Waals surface area contributed by atoms with Crippen molar-refractivity contribution < 1.29 is 33.0 Å². The third-order valence-corrected chi connectivity index (χ3v) is 4.16. The maximum absolute atomic E-state index is 12.8. The van der Waals surface area contributed by atoms with Crippen molar-refractivity contribution in [1.82, 2.24) is 0 Å². The number of hydrogen-bond donors (Lipinski definition) is 2. The van der Waals surface area contributed by atoms with E-state index in [1.165, 1.54) is 30.3 Å². The number of benzene rings is 2. The molecule has 0 spiro atoms. The zero-order valence-corrected chi connectivity index (χ0v) is 17.7. The maximum Gasteiger partial charge on any atom is 0.338 e. The summed E-state index contributed by atoms with van der Waals surface area (Å²) in [5.41, 5.74) is 1.07. The molecule has 0 saturated carbocycles. The minimum absolute atomic E-state index is 0.163. The molecule has 0 radical (unpaired) electrons. The lowest BCUT2D eigenvalue weighted by Gasteiger charge is -2.08. The lowest BCUT2D eigenvalue weighted by Crippen LogP contribution is -2.21. The van der Waals surface area contributed by atoms with E-state index < -0.39 is 36.2 Å². The first-order valence-electron chi connectivity index (χ1n) is 10.2. The molecular formula is C23H25FN2O6. The van der Waals surface area contributed by atoms with Crippen LogP contribution in [0.4, 0.5) is 15.8 Å². The Balaban J connectivity index is 1.71. The van der Waals surface area contributed by atoms with Gasteiger partial charge < -0.3 is 20.1 Å². The van der Waals surface area contributed by atoms with Gasteiger partial charge in [0.2, 0.25) is 5.91 Å². The van der Waals surface area contributed by atoms with Gasteiger partial charge in [-0.3, -0.25) is 14.4 Å². The lowest BCUT2D eigenvalue weighted by molar-refractivity contribution is -0.147. The van der Waals surface area contributed by atoms with E-state index in [4.69, 9.17) is 9.47 Å². The van der Waals surface area contributed by atoms with Crippen LogP contribution in [0.1, 0.15) is 43.0 Å². The first-order valence-corrected chi connectivity index (χ1v) is 10.2. The second-order valence-corrected chi connectivity index (χ2v) is 6.83. The summed E-state index contributed by atoms with van der Waals surface area (Å²) in [6, 6.07) is 11.4. The van der Waals surface area contributed by atoms with Crippen LogP contribution in [0.5, 0.6) is 0 Å². The monoisotopic (exact) mass is 444 g/mol. The van der Waals surface area contributed by atoms with Crippen LogP contribution in [0, 0.1) is 5.82 Å². The summed E-state index contributed by atoms with van der Waals surface area (Å²) in [4.78, 5) is 47.6. The summed E-state index contributed by atoms with van der Waals surface area (Å²) in [5.74, 6) is -2.67. The molecule has 8 nitrogen and oxygen atoms in total. The minimum Gasteiger partial charge on any atom is -0.462 e. The predicted molar refractivity (Wildman–Crippen MR) is 115 cm³/mol. The van der Waals surface area contributed by atoms with Crippen molar-refractivity contribution in [2.75, 3.05) is 23.8 Å². The van der Waals surface area contributed by atoms with E-state index in [1.54, 1.807) is 18.2 Å². The Morgan fingerprint density at radius 2 is 1.59 bits per heavy atom. The molecular weight excluding hydrogens is 419 g/mol. The van der Waals surface area contributed by atoms with E-state index in [0.29, 0.717) is 23.5 Å². The number of carbonyl (C=O) groups excluding carboxylic acids is 4. The van der Waals surface area contributed by atoms with Gasteiger partial charge in [0.1, 0.15) is 5.82 Å². The molecule has 170 valence electrons. The van der Waals surface area contributed by atoms with Gasteiger partial charge in [-0.15, -0.1) is 0 Å². The third-order valence-electron chi connectivity index (χ3n) is 4.16. The first kappa shape index (κ1) is 24.5. The fourth-order valence-electron chi connectivity index (χ4n) is 2.50. The van der Waals surface area contributed by atoms with Crippen molar-refractivity contribution in [3.8, 4) is 0 Å². The number of carbonyl (C=O) groups is 4. The van der Waals surface area contributed by atoms with E-state index in [-0.39, 0.29) is 12.8 Å².